The molecule has 3 atom stereocenters. The summed E-state index contributed by atoms with van der Waals surface area (Å²) in [5.74, 6) is 0.157. The van der Waals surface area contributed by atoms with Gasteiger partial charge in [0, 0.05) is 19.0 Å². The van der Waals surface area contributed by atoms with Crippen LogP contribution < -0.4 is 15.5 Å². The van der Waals surface area contributed by atoms with Crippen molar-refractivity contribution in [2.75, 3.05) is 25.0 Å². The highest BCUT2D eigenvalue weighted by Crippen LogP contribution is 2.25. The Hall–Kier alpha value is -4.02. The van der Waals surface area contributed by atoms with Gasteiger partial charge < -0.3 is 25.3 Å². The van der Waals surface area contributed by atoms with Gasteiger partial charge in [-0.15, -0.1) is 0 Å². The predicted octanol–water partition coefficient (Wildman–Crippen LogP) is 1.76. The van der Waals surface area contributed by atoms with Crippen molar-refractivity contribution in [2.24, 2.45) is 0 Å². The van der Waals surface area contributed by atoms with Crippen molar-refractivity contribution in [3.8, 4) is 0 Å². The molecule has 1 fully saturated rings. The third kappa shape index (κ3) is 5.00. The number of aromatic nitrogens is 4. The maximum atomic E-state index is 12.1. The van der Waals surface area contributed by atoms with Crippen LogP contribution in [0.15, 0.2) is 73.2 Å². The quantitative estimate of drug-likeness (QED) is 0.326. The van der Waals surface area contributed by atoms with Crippen LogP contribution in [0.3, 0.4) is 0 Å². The van der Waals surface area contributed by atoms with Crippen LogP contribution in [0, 0.1) is 0 Å². The van der Waals surface area contributed by atoms with Crippen LogP contribution in [0.1, 0.15) is 24.0 Å². The number of aliphatic hydroxyl groups is 1. The van der Waals surface area contributed by atoms with Crippen LogP contribution in [0.4, 0.5) is 5.95 Å². The lowest BCUT2D eigenvalue weighted by molar-refractivity contribution is -0.134. The van der Waals surface area contributed by atoms with Crippen molar-refractivity contribution in [3.05, 3.63) is 84.3 Å². The highest BCUT2D eigenvalue weighted by atomic mass is 16.7. The zero-order valence-corrected chi connectivity index (χ0v) is 19.8. The molecular weight excluding hydrogens is 460 g/mol. The normalized spacial score (nSPS) is 19.5. The number of likely N-dealkylation sites (N-methyl/N-ethyl adjacent to an activating group) is 1. The average molecular weight is 489 g/mol. The van der Waals surface area contributed by atoms with Gasteiger partial charge in [0.15, 0.2) is 12.2 Å². The summed E-state index contributed by atoms with van der Waals surface area (Å²) in [5.41, 5.74) is 3.35. The van der Waals surface area contributed by atoms with Crippen LogP contribution in [0.5, 0.6) is 0 Å². The first-order valence-electron chi connectivity index (χ1n) is 11.9. The molecule has 0 unspecified atom stereocenters. The monoisotopic (exact) mass is 488 g/mol. The lowest BCUT2D eigenvalue weighted by Crippen LogP contribution is -2.45. The van der Waals surface area contributed by atoms with E-state index < -0.39 is 18.3 Å². The molecule has 3 N–H and O–H groups in total. The molecule has 10 heteroatoms. The number of imidazole rings is 1. The maximum Gasteiger partial charge on any atom is 0.251 e. The summed E-state index contributed by atoms with van der Waals surface area (Å²) in [4.78, 5) is 31.3. The second kappa shape index (κ2) is 10.7. The average Bonchev–Trinajstić information content (AvgIpc) is 3.48. The van der Waals surface area contributed by atoms with Crippen molar-refractivity contribution in [3.63, 3.8) is 0 Å². The molecule has 2 aromatic carbocycles. The van der Waals surface area contributed by atoms with Crippen LogP contribution in [0.2, 0.25) is 0 Å². The Morgan fingerprint density at radius 1 is 1.14 bits per heavy atom. The number of rotatable bonds is 9. The second-order valence-electron chi connectivity index (χ2n) is 8.51. The molecule has 0 radical (unpaired) electrons. The number of anilines is 1. The number of aliphatic hydroxyl groups excluding tert-OH is 1. The molecular formula is C26H28N6O4. The topological polar surface area (TPSA) is 123 Å². The Morgan fingerprint density at radius 3 is 2.50 bits per heavy atom. The van der Waals surface area contributed by atoms with Gasteiger partial charge in [-0.05, 0) is 18.1 Å². The standard InChI is InChI=1S/C26H28N6O4/c1-2-27-25(34)23-22(33)21(15-35-23)36-32-16-30-20-14-29-26(31-24(20)32)28-13-19(17-9-5-3-6-10-17)18-11-7-4-8-12-18/h3-12,14,16,19,21-23,33H,2,13,15H2,1H3,(H,27,34)(H,28,29,31)/t21-,22-,23-/m0/s1. The molecule has 0 saturated carbocycles. The first-order valence-corrected chi connectivity index (χ1v) is 11.9. The first kappa shape index (κ1) is 23.7. The van der Waals surface area contributed by atoms with Crippen molar-refractivity contribution in [2.45, 2.75) is 31.2 Å². The summed E-state index contributed by atoms with van der Waals surface area (Å²) in [6, 6.07) is 20.5. The molecule has 36 heavy (non-hydrogen) atoms. The largest absolute Gasteiger partial charge is 0.402 e. The Morgan fingerprint density at radius 2 is 1.83 bits per heavy atom. The van der Waals surface area contributed by atoms with E-state index in [9.17, 15) is 9.90 Å². The van der Waals surface area contributed by atoms with Gasteiger partial charge in [-0.3, -0.25) is 4.79 Å². The van der Waals surface area contributed by atoms with E-state index >= 15 is 0 Å². The maximum absolute atomic E-state index is 12.1. The minimum Gasteiger partial charge on any atom is -0.402 e. The van der Waals surface area contributed by atoms with Crippen LogP contribution >= 0.6 is 0 Å². The summed E-state index contributed by atoms with van der Waals surface area (Å²) in [7, 11) is 0. The van der Waals surface area contributed by atoms with Gasteiger partial charge in [0.05, 0.1) is 12.8 Å². The van der Waals surface area contributed by atoms with E-state index in [1.807, 2.05) is 36.4 Å². The minimum absolute atomic E-state index is 0.0641. The van der Waals surface area contributed by atoms with Gasteiger partial charge in [0.1, 0.15) is 17.9 Å². The van der Waals surface area contributed by atoms with Crippen molar-refractivity contribution < 1.29 is 19.5 Å². The Bertz CT molecular complexity index is 1260. The third-order valence-corrected chi connectivity index (χ3v) is 6.12. The van der Waals surface area contributed by atoms with E-state index in [2.05, 4.69) is 49.9 Å². The first-order chi connectivity index (χ1) is 17.6. The molecule has 3 heterocycles. The molecule has 4 aromatic rings. The fourth-order valence-electron chi connectivity index (χ4n) is 4.28. The molecule has 1 amide bonds. The molecule has 10 nitrogen and oxygen atoms in total. The molecule has 0 bridgehead atoms. The number of hydrogen-bond acceptors (Lipinski definition) is 8. The number of carbonyl (C=O) groups is 1. The molecule has 0 spiro atoms. The summed E-state index contributed by atoms with van der Waals surface area (Å²) < 4.78 is 6.84. The third-order valence-electron chi connectivity index (χ3n) is 6.12. The molecule has 5 rings (SSSR count). The van der Waals surface area contributed by atoms with Crippen molar-refractivity contribution in [1.82, 2.24) is 25.0 Å². The summed E-state index contributed by atoms with van der Waals surface area (Å²) >= 11 is 0. The fourth-order valence-corrected chi connectivity index (χ4v) is 4.28. The number of fused-ring (bicyclic) bond motifs is 1. The number of nitrogens with zero attached hydrogens (tertiary/aromatic N) is 4. The van der Waals surface area contributed by atoms with Crippen LogP contribution in [0.25, 0.3) is 11.2 Å². The van der Waals surface area contributed by atoms with E-state index in [-0.39, 0.29) is 18.4 Å². The van der Waals surface area contributed by atoms with Crippen molar-refractivity contribution in [1.29, 1.82) is 0 Å². The molecule has 186 valence electrons. The number of carbonyl (C=O) groups excluding carboxylic acids is 1. The highest BCUT2D eigenvalue weighted by Gasteiger charge is 2.42. The second-order valence-corrected chi connectivity index (χ2v) is 8.51. The molecule has 2 aromatic heterocycles. The lowest BCUT2D eigenvalue weighted by Gasteiger charge is -2.19. The number of nitrogens with one attached hydrogen (secondary N) is 2. The highest BCUT2D eigenvalue weighted by molar-refractivity contribution is 5.81. The zero-order valence-electron chi connectivity index (χ0n) is 19.8. The van der Waals surface area contributed by atoms with Crippen molar-refractivity contribution >= 4 is 23.0 Å². The van der Waals surface area contributed by atoms with Gasteiger partial charge in [-0.25, -0.2) is 9.97 Å². The van der Waals surface area contributed by atoms with Crippen LogP contribution in [-0.4, -0.2) is 68.7 Å². The van der Waals surface area contributed by atoms with Gasteiger partial charge in [0.2, 0.25) is 11.6 Å². The molecule has 1 saturated heterocycles. The van der Waals surface area contributed by atoms with E-state index in [4.69, 9.17) is 9.57 Å². The minimum atomic E-state index is -1.12. The van der Waals surface area contributed by atoms with Gasteiger partial charge in [-0.2, -0.15) is 9.71 Å². The number of benzene rings is 2. The number of hydrogen-bond donors (Lipinski definition) is 3. The molecule has 1 aliphatic heterocycles. The molecule has 0 aliphatic carbocycles. The number of ether oxygens (including phenoxy) is 1. The number of amides is 1. The van der Waals surface area contributed by atoms with Gasteiger partial charge >= 0.3 is 0 Å². The SMILES string of the molecule is CCNC(=O)[C@H]1OC[C@H](On2cnc3cnc(NCC(c4ccccc4)c4ccccc4)nc32)[C@@H]1O. The van der Waals surface area contributed by atoms with E-state index in [1.165, 1.54) is 22.2 Å². The van der Waals surface area contributed by atoms with Crippen LogP contribution in [-0.2, 0) is 9.53 Å². The van der Waals surface area contributed by atoms with Gasteiger partial charge in [-0.1, -0.05) is 60.7 Å². The van der Waals surface area contributed by atoms with Gasteiger partial charge in [0.25, 0.3) is 5.91 Å². The zero-order chi connectivity index (χ0) is 24.9. The lowest BCUT2D eigenvalue weighted by atomic mass is 9.91. The predicted molar refractivity (Wildman–Crippen MR) is 133 cm³/mol. The molecule has 1 aliphatic rings. The van der Waals surface area contributed by atoms with E-state index in [1.54, 1.807) is 13.1 Å². The summed E-state index contributed by atoms with van der Waals surface area (Å²) in [6.45, 7) is 2.90. The Kier molecular flexibility index (Phi) is 7.06. The Labute approximate surface area is 208 Å². The smallest absolute Gasteiger partial charge is 0.251 e. The Balaban J connectivity index is 1.32. The van der Waals surface area contributed by atoms with E-state index in [0.717, 1.165) is 0 Å². The fraction of sp³-hybridized carbons (Fsp3) is 0.308. The summed E-state index contributed by atoms with van der Waals surface area (Å²) in [6.07, 6.45) is 0.229. The van der Waals surface area contributed by atoms with E-state index in [0.29, 0.717) is 30.2 Å². The summed E-state index contributed by atoms with van der Waals surface area (Å²) in [5, 5.41) is 16.5.